The molecule has 0 amide bonds. The van der Waals surface area contributed by atoms with Crippen molar-refractivity contribution >= 4 is 31.6 Å². The van der Waals surface area contributed by atoms with Crippen molar-refractivity contribution in [2.45, 2.75) is 103 Å². The lowest BCUT2D eigenvalue weighted by Crippen LogP contribution is -2.11. The van der Waals surface area contributed by atoms with Gasteiger partial charge in [0.05, 0.1) is 23.0 Å². The Kier molecular flexibility index (Phi) is 17.6. The standard InChI is InChI=1S/C22H42O8S2/c23-21(24)15-9-7-13-19-31(27,28)17-11-5-3-1-2-4-6-12-18-32(29,30)20-14-8-10-16-22(25)26/h1-20H2,(H,23,24)(H,25,26). The zero-order valence-corrected chi connectivity index (χ0v) is 20.9. The van der Waals surface area contributed by atoms with Crippen LogP contribution in [0.25, 0.3) is 0 Å². The van der Waals surface area contributed by atoms with Gasteiger partial charge in [0.15, 0.2) is 0 Å². The first-order valence-electron chi connectivity index (χ1n) is 11.9. The summed E-state index contributed by atoms with van der Waals surface area (Å²) in [5.41, 5.74) is 0. The monoisotopic (exact) mass is 498 g/mol. The summed E-state index contributed by atoms with van der Waals surface area (Å²) in [6.45, 7) is 0. The Labute approximate surface area is 194 Å². The maximum atomic E-state index is 12.0. The molecule has 0 fully saturated rings. The molecule has 0 unspecified atom stereocenters. The van der Waals surface area contributed by atoms with E-state index < -0.39 is 31.6 Å². The van der Waals surface area contributed by atoms with E-state index in [4.69, 9.17) is 10.2 Å². The van der Waals surface area contributed by atoms with Gasteiger partial charge in [-0.15, -0.1) is 0 Å². The van der Waals surface area contributed by atoms with Crippen LogP contribution in [-0.4, -0.2) is 62.0 Å². The van der Waals surface area contributed by atoms with Gasteiger partial charge in [0.2, 0.25) is 0 Å². The fraction of sp³-hybridized carbons (Fsp3) is 0.909. The summed E-state index contributed by atoms with van der Waals surface area (Å²) in [7, 11) is -6.09. The van der Waals surface area contributed by atoms with Gasteiger partial charge in [0.25, 0.3) is 0 Å². The number of carbonyl (C=O) groups is 2. The molecule has 0 bridgehead atoms. The SMILES string of the molecule is O=C(O)CCCCCS(=O)(=O)CCCCCCCCCCS(=O)(=O)CCCCCC(=O)O. The molecule has 0 saturated carbocycles. The number of rotatable bonds is 23. The van der Waals surface area contributed by atoms with Gasteiger partial charge in [-0.2, -0.15) is 0 Å². The van der Waals surface area contributed by atoms with Crippen molar-refractivity contribution in [3.05, 3.63) is 0 Å². The molecule has 10 heteroatoms. The van der Waals surface area contributed by atoms with Crippen LogP contribution in [-0.2, 0) is 29.3 Å². The van der Waals surface area contributed by atoms with Gasteiger partial charge >= 0.3 is 11.9 Å². The first-order valence-corrected chi connectivity index (χ1v) is 15.5. The summed E-state index contributed by atoms with van der Waals surface area (Å²) in [6, 6.07) is 0. The molecule has 0 aromatic heterocycles. The summed E-state index contributed by atoms with van der Waals surface area (Å²) in [6.07, 6.45) is 10.6. The highest BCUT2D eigenvalue weighted by Crippen LogP contribution is 2.12. The molecule has 0 heterocycles. The Hall–Kier alpha value is -1.16. The Morgan fingerprint density at radius 1 is 0.406 bits per heavy atom. The van der Waals surface area contributed by atoms with E-state index in [2.05, 4.69) is 0 Å². The molecule has 0 aliphatic carbocycles. The van der Waals surface area contributed by atoms with E-state index in [-0.39, 0.29) is 35.9 Å². The minimum atomic E-state index is -3.05. The second-order valence-corrected chi connectivity index (χ2v) is 13.1. The Bertz CT molecular complexity index is 652. The van der Waals surface area contributed by atoms with Gasteiger partial charge in [0, 0.05) is 12.8 Å². The summed E-state index contributed by atoms with van der Waals surface area (Å²) < 4.78 is 47.8. The number of carboxylic acids is 2. The van der Waals surface area contributed by atoms with E-state index in [0.717, 1.165) is 38.5 Å². The third-order valence-corrected chi connectivity index (χ3v) is 9.00. The molecule has 8 nitrogen and oxygen atoms in total. The fourth-order valence-electron chi connectivity index (χ4n) is 3.46. The number of unbranched alkanes of at least 4 members (excludes halogenated alkanes) is 11. The first-order chi connectivity index (χ1) is 15.0. The second-order valence-electron chi connectivity index (χ2n) is 8.54. The molecule has 190 valence electrons. The maximum absolute atomic E-state index is 12.0. The van der Waals surface area contributed by atoms with E-state index in [9.17, 15) is 26.4 Å². The van der Waals surface area contributed by atoms with Gasteiger partial charge in [0.1, 0.15) is 19.7 Å². The molecule has 0 aromatic carbocycles. The third kappa shape index (κ3) is 22.0. The summed E-state index contributed by atoms with van der Waals surface area (Å²) in [5, 5.41) is 17.1. The molecule has 0 aliphatic rings. The largest absolute Gasteiger partial charge is 0.481 e. The van der Waals surface area contributed by atoms with Crippen molar-refractivity contribution in [3.63, 3.8) is 0 Å². The van der Waals surface area contributed by atoms with Crippen molar-refractivity contribution < 1.29 is 36.6 Å². The van der Waals surface area contributed by atoms with Crippen LogP contribution >= 0.6 is 0 Å². The lowest BCUT2D eigenvalue weighted by molar-refractivity contribution is -0.138. The minimum absolute atomic E-state index is 0.0893. The Balaban J connectivity index is 3.56. The van der Waals surface area contributed by atoms with E-state index in [1.54, 1.807) is 0 Å². The molecule has 0 atom stereocenters. The van der Waals surface area contributed by atoms with Crippen LogP contribution in [0.4, 0.5) is 0 Å². The van der Waals surface area contributed by atoms with Gasteiger partial charge < -0.3 is 10.2 Å². The molecule has 32 heavy (non-hydrogen) atoms. The molecule has 0 saturated heterocycles. The Morgan fingerprint density at radius 3 is 0.875 bits per heavy atom. The average molecular weight is 499 g/mol. The smallest absolute Gasteiger partial charge is 0.303 e. The summed E-state index contributed by atoms with van der Waals surface area (Å²) >= 11 is 0. The average Bonchev–Trinajstić information content (AvgIpc) is 2.68. The van der Waals surface area contributed by atoms with E-state index in [1.165, 1.54) is 0 Å². The van der Waals surface area contributed by atoms with Crippen LogP contribution in [0.1, 0.15) is 103 Å². The molecule has 2 N–H and O–H groups in total. The quantitative estimate of drug-likeness (QED) is 0.199. The lowest BCUT2D eigenvalue weighted by atomic mass is 10.1. The third-order valence-electron chi connectivity index (χ3n) is 5.35. The highest BCUT2D eigenvalue weighted by molar-refractivity contribution is 7.91. The van der Waals surface area contributed by atoms with Gasteiger partial charge in [-0.25, -0.2) is 16.8 Å². The van der Waals surface area contributed by atoms with Crippen molar-refractivity contribution in [2.75, 3.05) is 23.0 Å². The summed E-state index contributed by atoms with van der Waals surface area (Å²) in [4.78, 5) is 20.8. The predicted octanol–water partition coefficient (Wildman–Crippen LogP) is 4.23. The highest BCUT2D eigenvalue weighted by Gasteiger charge is 2.11. The van der Waals surface area contributed by atoms with Crippen LogP contribution in [0.3, 0.4) is 0 Å². The Morgan fingerprint density at radius 2 is 0.625 bits per heavy atom. The topological polar surface area (TPSA) is 143 Å². The van der Waals surface area contributed by atoms with Gasteiger partial charge in [-0.3, -0.25) is 9.59 Å². The fourth-order valence-corrected chi connectivity index (χ4v) is 6.44. The first kappa shape index (κ1) is 30.8. The number of sulfone groups is 2. The number of aliphatic carboxylic acids is 2. The summed E-state index contributed by atoms with van der Waals surface area (Å²) in [5.74, 6) is -1.03. The zero-order valence-electron chi connectivity index (χ0n) is 19.3. The molecule has 0 rings (SSSR count). The van der Waals surface area contributed by atoms with Crippen molar-refractivity contribution in [2.24, 2.45) is 0 Å². The van der Waals surface area contributed by atoms with Crippen molar-refractivity contribution in [3.8, 4) is 0 Å². The van der Waals surface area contributed by atoms with E-state index >= 15 is 0 Å². The lowest BCUT2D eigenvalue weighted by Gasteiger charge is -2.06. The number of carboxylic acid groups (broad SMARTS) is 2. The molecule has 0 aliphatic heterocycles. The molecular formula is C22H42O8S2. The van der Waals surface area contributed by atoms with Crippen LogP contribution in [0.15, 0.2) is 0 Å². The van der Waals surface area contributed by atoms with Crippen LogP contribution < -0.4 is 0 Å². The predicted molar refractivity (Wildman–Crippen MR) is 126 cm³/mol. The number of hydrogen-bond acceptors (Lipinski definition) is 6. The van der Waals surface area contributed by atoms with Crippen molar-refractivity contribution in [1.82, 2.24) is 0 Å². The second kappa shape index (κ2) is 18.3. The highest BCUT2D eigenvalue weighted by atomic mass is 32.2. The normalized spacial score (nSPS) is 12.1. The molecular weight excluding hydrogens is 456 g/mol. The minimum Gasteiger partial charge on any atom is -0.481 e. The van der Waals surface area contributed by atoms with E-state index in [0.29, 0.717) is 51.4 Å². The maximum Gasteiger partial charge on any atom is 0.303 e. The van der Waals surface area contributed by atoms with Crippen LogP contribution in [0.2, 0.25) is 0 Å². The van der Waals surface area contributed by atoms with Gasteiger partial charge in [-0.05, 0) is 38.5 Å². The molecule has 0 radical (unpaired) electrons. The molecule has 0 aromatic rings. The van der Waals surface area contributed by atoms with E-state index in [1.807, 2.05) is 0 Å². The zero-order chi connectivity index (χ0) is 24.3. The number of hydrogen-bond donors (Lipinski definition) is 2. The van der Waals surface area contributed by atoms with Crippen molar-refractivity contribution in [1.29, 1.82) is 0 Å². The van der Waals surface area contributed by atoms with Gasteiger partial charge in [-0.1, -0.05) is 51.4 Å². The molecule has 0 spiro atoms. The van der Waals surface area contributed by atoms with Crippen LogP contribution in [0, 0.1) is 0 Å². The van der Waals surface area contributed by atoms with Crippen LogP contribution in [0.5, 0.6) is 0 Å².